The van der Waals surface area contributed by atoms with Crippen LogP contribution in [0.2, 0.25) is 0 Å². The van der Waals surface area contributed by atoms with Crippen molar-refractivity contribution in [1.29, 1.82) is 0 Å². The minimum atomic E-state index is 0.0766. The van der Waals surface area contributed by atoms with Gasteiger partial charge in [0.25, 0.3) is 0 Å². The van der Waals surface area contributed by atoms with E-state index in [0.717, 1.165) is 69.1 Å². The first kappa shape index (κ1) is 19.8. The third-order valence-corrected chi connectivity index (χ3v) is 6.13. The van der Waals surface area contributed by atoms with Crippen molar-refractivity contribution in [3.8, 4) is 0 Å². The summed E-state index contributed by atoms with van der Waals surface area (Å²) in [5, 5.41) is 3.08. The van der Waals surface area contributed by atoms with Gasteiger partial charge in [-0.05, 0) is 51.3 Å². The third kappa shape index (κ3) is 4.90. The summed E-state index contributed by atoms with van der Waals surface area (Å²) < 4.78 is 0. The highest BCUT2D eigenvalue weighted by molar-refractivity contribution is 5.78. The highest BCUT2D eigenvalue weighted by Gasteiger charge is 2.32. The molecule has 2 aromatic rings. The minimum absolute atomic E-state index is 0.0766. The molecule has 0 unspecified atom stereocenters. The number of aryl methyl sites for hydroxylation is 1. The zero-order valence-electron chi connectivity index (χ0n) is 17.1. The molecule has 7 heteroatoms. The third-order valence-electron chi connectivity index (χ3n) is 6.13. The van der Waals surface area contributed by atoms with Gasteiger partial charge in [-0.3, -0.25) is 19.7 Å². The molecular weight excluding hydrogens is 364 g/mol. The molecule has 2 aliphatic rings. The highest BCUT2D eigenvalue weighted by atomic mass is 16.1. The van der Waals surface area contributed by atoms with Gasteiger partial charge in [-0.2, -0.15) is 0 Å². The van der Waals surface area contributed by atoms with Crippen molar-refractivity contribution in [2.24, 2.45) is 5.92 Å². The number of likely N-dealkylation sites (tertiary alicyclic amines) is 1. The Morgan fingerprint density at radius 3 is 2.66 bits per heavy atom. The van der Waals surface area contributed by atoms with E-state index in [1.807, 2.05) is 25.1 Å². The number of carbonyl (C=O) groups excluding carboxylic acids is 1. The number of hydrogen-bond acceptors (Lipinski definition) is 6. The summed E-state index contributed by atoms with van der Waals surface area (Å²) in [6.07, 6.45) is 9.56. The molecule has 2 fully saturated rings. The number of piperidine rings is 2. The van der Waals surface area contributed by atoms with E-state index in [4.69, 9.17) is 0 Å². The van der Waals surface area contributed by atoms with E-state index in [1.54, 1.807) is 18.6 Å². The lowest BCUT2D eigenvalue weighted by Gasteiger charge is -2.42. The van der Waals surface area contributed by atoms with Gasteiger partial charge in [0.2, 0.25) is 5.91 Å². The van der Waals surface area contributed by atoms with Crippen molar-refractivity contribution in [2.75, 3.05) is 31.1 Å². The fourth-order valence-corrected chi connectivity index (χ4v) is 4.53. The number of hydrogen-bond donors (Lipinski definition) is 1. The summed E-state index contributed by atoms with van der Waals surface area (Å²) in [6, 6.07) is 6.34. The number of nitrogens with zero attached hydrogens (tertiary/aromatic N) is 5. The fourth-order valence-electron chi connectivity index (χ4n) is 4.53. The van der Waals surface area contributed by atoms with Crippen LogP contribution in [-0.2, 0) is 11.3 Å². The van der Waals surface area contributed by atoms with Gasteiger partial charge < -0.3 is 10.2 Å². The van der Waals surface area contributed by atoms with Gasteiger partial charge in [-0.1, -0.05) is 6.07 Å². The molecule has 2 aromatic heterocycles. The molecule has 154 valence electrons. The Morgan fingerprint density at radius 2 is 1.90 bits per heavy atom. The minimum Gasteiger partial charge on any atom is -0.355 e. The molecule has 4 rings (SSSR count). The molecule has 29 heavy (non-hydrogen) atoms. The molecule has 1 atom stereocenters. The van der Waals surface area contributed by atoms with Crippen LogP contribution in [0.4, 0.5) is 5.82 Å². The molecule has 2 saturated heterocycles. The highest BCUT2D eigenvalue weighted by Crippen LogP contribution is 2.26. The molecule has 0 bridgehead atoms. The van der Waals surface area contributed by atoms with E-state index in [1.165, 1.54) is 0 Å². The van der Waals surface area contributed by atoms with Gasteiger partial charge in [0.15, 0.2) is 0 Å². The van der Waals surface area contributed by atoms with Crippen LogP contribution in [0.15, 0.2) is 36.8 Å². The van der Waals surface area contributed by atoms with Crippen LogP contribution < -0.4 is 10.2 Å². The number of amides is 1. The van der Waals surface area contributed by atoms with Crippen LogP contribution in [0.3, 0.4) is 0 Å². The summed E-state index contributed by atoms with van der Waals surface area (Å²) in [7, 11) is 0. The second-order valence-electron chi connectivity index (χ2n) is 8.06. The molecule has 0 aliphatic carbocycles. The number of pyridine rings is 1. The first-order valence-electron chi connectivity index (χ1n) is 10.6. The molecule has 0 radical (unpaired) electrons. The van der Waals surface area contributed by atoms with E-state index in [0.29, 0.717) is 12.6 Å². The summed E-state index contributed by atoms with van der Waals surface area (Å²) in [5.41, 5.74) is 1.90. The normalized spacial score (nSPS) is 21.1. The van der Waals surface area contributed by atoms with Crippen molar-refractivity contribution < 1.29 is 4.79 Å². The molecule has 0 saturated carbocycles. The van der Waals surface area contributed by atoms with Crippen molar-refractivity contribution in [1.82, 2.24) is 25.2 Å². The van der Waals surface area contributed by atoms with Crippen LogP contribution in [0.5, 0.6) is 0 Å². The largest absolute Gasteiger partial charge is 0.355 e. The molecular formula is C22H30N6O. The van der Waals surface area contributed by atoms with Crippen molar-refractivity contribution in [2.45, 2.75) is 45.2 Å². The zero-order chi connectivity index (χ0) is 20.1. The van der Waals surface area contributed by atoms with Crippen LogP contribution >= 0.6 is 0 Å². The van der Waals surface area contributed by atoms with E-state index >= 15 is 0 Å². The van der Waals surface area contributed by atoms with E-state index < -0.39 is 0 Å². The lowest BCUT2D eigenvalue weighted by molar-refractivity contribution is -0.127. The standard InChI is InChI=1S/C22H30N6O/c1-17-21(25-11-10-23-17)27-13-7-20(8-14-27)28-12-4-5-18(16-28)22(29)26-15-19-6-2-3-9-24-19/h2-3,6,9-11,18,20H,4-5,7-8,12-16H2,1H3,(H,26,29)/t18-/m1/s1. The molecule has 0 aromatic carbocycles. The van der Waals surface area contributed by atoms with Gasteiger partial charge in [-0.25, -0.2) is 4.98 Å². The molecule has 0 spiro atoms. The van der Waals surface area contributed by atoms with Gasteiger partial charge in [-0.15, -0.1) is 0 Å². The van der Waals surface area contributed by atoms with Gasteiger partial charge >= 0.3 is 0 Å². The number of anilines is 1. The summed E-state index contributed by atoms with van der Waals surface area (Å²) >= 11 is 0. The monoisotopic (exact) mass is 394 g/mol. The lowest BCUT2D eigenvalue weighted by Crippen LogP contribution is -2.51. The van der Waals surface area contributed by atoms with Gasteiger partial charge in [0.1, 0.15) is 5.82 Å². The first-order chi connectivity index (χ1) is 14.2. The molecule has 7 nitrogen and oxygen atoms in total. The quantitative estimate of drug-likeness (QED) is 0.838. The van der Waals surface area contributed by atoms with Crippen LogP contribution in [0.25, 0.3) is 0 Å². The molecule has 1 amide bonds. The smallest absolute Gasteiger partial charge is 0.224 e. The molecule has 4 heterocycles. The Kier molecular flexibility index (Phi) is 6.34. The fraction of sp³-hybridized carbons (Fsp3) is 0.545. The van der Waals surface area contributed by atoms with Crippen LogP contribution in [-0.4, -0.2) is 58.0 Å². The Hall–Kier alpha value is -2.54. The first-order valence-corrected chi connectivity index (χ1v) is 10.6. The predicted octanol–water partition coefficient (Wildman–Crippen LogP) is 2.18. The molecule has 1 N–H and O–H groups in total. The number of carbonyl (C=O) groups is 1. The predicted molar refractivity (Wildman–Crippen MR) is 112 cm³/mol. The van der Waals surface area contributed by atoms with Crippen molar-refractivity contribution in [3.63, 3.8) is 0 Å². The maximum absolute atomic E-state index is 12.7. The zero-order valence-corrected chi connectivity index (χ0v) is 17.1. The van der Waals surface area contributed by atoms with E-state index in [9.17, 15) is 4.79 Å². The van der Waals surface area contributed by atoms with E-state index in [-0.39, 0.29) is 11.8 Å². The van der Waals surface area contributed by atoms with Gasteiger partial charge in [0.05, 0.1) is 23.9 Å². The summed E-state index contributed by atoms with van der Waals surface area (Å²) in [5.74, 6) is 1.25. The summed E-state index contributed by atoms with van der Waals surface area (Å²) in [6.45, 7) is 6.48. The van der Waals surface area contributed by atoms with Crippen molar-refractivity contribution >= 4 is 11.7 Å². The maximum Gasteiger partial charge on any atom is 0.224 e. The Bertz CT molecular complexity index is 806. The number of nitrogens with one attached hydrogen (secondary N) is 1. The maximum atomic E-state index is 12.7. The number of aromatic nitrogens is 3. The SMILES string of the molecule is Cc1nccnc1N1CCC(N2CCC[C@@H](C(=O)NCc3ccccn3)C2)CC1. The number of rotatable bonds is 5. The van der Waals surface area contributed by atoms with Gasteiger partial charge in [0, 0.05) is 44.3 Å². The van der Waals surface area contributed by atoms with Crippen LogP contribution in [0.1, 0.15) is 37.1 Å². The lowest BCUT2D eigenvalue weighted by atomic mass is 9.93. The second kappa shape index (κ2) is 9.31. The topological polar surface area (TPSA) is 74.2 Å². The Balaban J connectivity index is 1.28. The Morgan fingerprint density at radius 1 is 1.07 bits per heavy atom. The average molecular weight is 395 g/mol. The second-order valence-corrected chi connectivity index (χ2v) is 8.06. The summed E-state index contributed by atoms with van der Waals surface area (Å²) in [4.78, 5) is 30.7. The molecule has 2 aliphatic heterocycles. The average Bonchev–Trinajstić information content (AvgIpc) is 2.79. The van der Waals surface area contributed by atoms with Crippen LogP contribution in [0, 0.1) is 12.8 Å². The Labute approximate surface area is 172 Å². The van der Waals surface area contributed by atoms with E-state index in [2.05, 4.69) is 30.1 Å². The van der Waals surface area contributed by atoms with Crippen molar-refractivity contribution in [3.05, 3.63) is 48.2 Å².